The van der Waals surface area contributed by atoms with E-state index in [-0.39, 0.29) is 25.1 Å². The topological polar surface area (TPSA) is 224 Å². The quantitative estimate of drug-likeness (QED) is 0.0812. The molecule has 4 N–H and O–H groups in total. The molecule has 0 spiro atoms. The van der Waals surface area contributed by atoms with E-state index in [0.717, 1.165) is 91.4 Å². The summed E-state index contributed by atoms with van der Waals surface area (Å²) in [7, 11) is 0. The molecule has 8 heterocycles. The molecule has 0 bridgehead atoms. The number of piperidine rings is 1. The number of thiazole rings is 2. The molecule has 2 amide bonds. The number of anilines is 2. The van der Waals surface area contributed by atoms with E-state index in [1.807, 2.05) is 160 Å². The van der Waals surface area contributed by atoms with Crippen LogP contribution in [0.2, 0.25) is 0 Å². The summed E-state index contributed by atoms with van der Waals surface area (Å²) in [5.41, 5.74) is 13.7. The Morgan fingerprint density at radius 1 is 0.575 bits per heavy atom. The van der Waals surface area contributed by atoms with Crippen molar-refractivity contribution in [2.24, 2.45) is 0 Å². The lowest BCUT2D eigenvalue weighted by atomic mass is 10.1. The minimum Gasteiger partial charge on any atom is -0.492 e. The Labute approximate surface area is 514 Å². The molecule has 0 atom stereocenters. The molecule has 12 rings (SSSR count). The number of aromatic nitrogens is 6. The Bertz CT molecular complexity index is 3840. The van der Waals surface area contributed by atoms with E-state index in [4.69, 9.17) is 29.9 Å². The normalized spacial score (nSPS) is 13.5. The van der Waals surface area contributed by atoms with Crippen LogP contribution < -0.4 is 20.5 Å². The second-order valence-corrected chi connectivity index (χ2v) is 23.3. The van der Waals surface area contributed by atoms with E-state index in [1.165, 1.54) is 36.7 Å². The van der Waals surface area contributed by atoms with Crippen LogP contribution in [-0.2, 0) is 4.74 Å². The number of carbonyl (C=O) groups is 3. The number of nitrogens with two attached hydrogens (primary N) is 1. The number of amides is 2. The standard InChI is InChI=1S/C31H29N5O2S.C23H29N3O5.C12H9N3S.CH4/c37-29(34-25-13-6-5-12-24(25)30-35-26-14-9-15-32-31(26)39-30)28-21-23(38-19-18-36-16-7-2-8-17-36)20-27(33-28)22-10-3-1-4-11-22;1-23(2,3)31-22(29)26-11-9-25(10-12-26)13-14-30-18-15-19(17-7-5-4-6-8-17)24-20(16-18)21(27)28;13-9-5-2-1-4-8(9)11-15-10-6-3-7-14-12(10)16-11;/h1,3-6,9-15,20-21H,2,7-8,16-19H2,(H,34,37);4-8,15-16H,9-14H2,1-3H3,(H,27,28);1-7H,13H2;1H4. The van der Waals surface area contributed by atoms with Crippen molar-refractivity contribution in [2.75, 3.05) is 76.6 Å². The molecule has 2 saturated heterocycles. The molecular weight excluding hydrogens is 1130 g/mol. The third-order valence-electron chi connectivity index (χ3n) is 13.9. The van der Waals surface area contributed by atoms with Crippen LogP contribution in [0.5, 0.6) is 11.5 Å². The van der Waals surface area contributed by atoms with E-state index in [1.54, 1.807) is 40.8 Å². The lowest BCUT2D eigenvalue weighted by Gasteiger charge is -2.35. The SMILES string of the molecule is C.CC(C)(C)OC(=O)N1CCN(CCOc2cc(C(=O)O)nc(-c3ccccc3)c2)CC1.Nc1ccccc1-c1nc2cccnc2s1.O=C(Nc1ccccc1-c1nc2cccnc2s1)c1cc(OCCN2CCCCC2)cc(-c2ccccc2)n1. The molecule has 4 aromatic carbocycles. The van der Waals surface area contributed by atoms with Gasteiger partial charge in [-0.1, -0.05) is 121 Å². The first-order chi connectivity index (χ1) is 41.8. The number of hydrogen-bond acceptors (Lipinski definition) is 17. The van der Waals surface area contributed by atoms with Gasteiger partial charge in [0.1, 0.15) is 66.7 Å². The van der Waals surface area contributed by atoms with E-state index in [0.29, 0.717) is 67.1 Å². The Hall–Kier alpha value is -9.21. The number of nitrogens with zero attached hydrogens (tertiary/aromatic N) is 9. The maximum atomic E-state index is 13.6. The van der Waals surface area contributed by atoms with Gasteiger partial charge in [0.25, 0.3) is 5.91 Å². The first-order valence-corrected chi connectivity index (χ1v) is 30.2. The van der Waals surface area contributed by atoms with Crippen molar-refractivity contribution in [3.63, 3.8) is 0 Å². The summed E-state index contributed by atoms with van der Waals surface area (Å²) >= 11 is 3.06. The fraction of sp³-hybridized carbons (Fsp3) is 0.269. The number of para-hydroxylation sites is 2. The number of carbonyl (C=O) groups excluding carboxylic acids is 2. The van der Waals surface area contributed by atoms with Crippen molar-refractivity contribution < 1.29 is 33.7 Å². The number of rotatable bonds is 15. The summed E-state index contributed by atoms with van der Waals surface area (Å²) in [6, 6.07) is 49.2. The number of pyridine rings is 4. The Kier molecular flexibility index (Phi) is 21.3. The zero-order chi connectivity index (χ0) is 59.8. The maximum Gasteiger partial charge on any atom is 0.410 e. The summed E-state index contributed by atoms with van der Waals surface area (Å²) in [5.74, 6) is -0.295. The van der Waals surface area contributed by atoms with Gasteiger partial charge in [-0.05, 0) is 95.2 Å². The van der Waals surface area contributed by atoms with Crippen LogP contribution >= 0.6 is 22.7 Å². The van der Waals surface area contributed by atoms with Gasteiger partial charge >= 0.3 is 12.1 Å². The van der Waals surface area contributed by atoms with E-state index < -0.39 is 11.6 Å². The van der Waals surface area contributed by atoms with Gasteiger partial charge in [-0.2, -0.15) is 0 Å². The van der Waals surface area contributed by atoms with Crippen molar-refractivity contribution in [1.82, 2.24) is 44.6 Å². The number of aromatic carboxylic acids is 1. The Balaban J connectivity index is 0.000000167. The van der Waals surface area contributed by atoms with Gasteiger partial charge in [-0.3, -0.25) is 14.6 Å². The highest BCUT2D eigenvalue weighted by atomic mass is 32.1. The van der Waals surface area contributed by atoms with Crippen molar-refractivity contribution in [1.29, 1.82) is 0 Å². The van der Waals surface area contributed by atoms with E-state index >= 15 is 0 Å². The summed E-state index contributed by atoms with van der Waals surface area (Å²) in [5, 5.41) is 14.2. The molecule has 0 saturated carbocycles. The van der Waals surface area contributed by atoms with Gasteiger partial charge in [0.15, 0.2) is 5.69 Å². The minimum atomic E-state index is -1.10. The lowest BCUT2D eigenvalue weighted by molar-refractivity contribution is 0.0136. The first kappa shape index (κ1) is 62.3. The monoisotopic (exact) mass is 1210 g/mol. The van der Waals surface area contributed by atoms with Crippen LogP contribution in [0.4, 0.5) is 16.2 Å². The van der Waals surface area contributed by atoms with Gasteiger partial charge in [-0.15, -0.1) is 0 Å². The molecule has 20 heteroatoms. The molecule has 0 aliphatic carbocycles. The number of fused-ring (bicyclic) bond motifs is 2. The summed E-state index contributed by atoms with van der Waals surface area (Å²) in [6.45, 7) is 13.0. The number of piperazine rings is 1. The summed E-state index contributed by atoms with van der Waals surface area (Å²) in [4.78, 5) is 72.2. The van der Waals surface area contributed by atoms with Gasteiger partial charge in [0, 0.05) is 104 Å². The molecule has 6 aromatic heterocycles. The molecule has 0 radical (unpaired) electrons. The fourth-order valence-corrected chi connectivity index (χ4v) is 11.5. The van der Waals surface area contributed by atoms with Crippen molar-refractivity contribution >= 4 is 72.7 Å². The van der Waals surface area contributed by atoms with Crippen molar-refractivity contribution in [3.8, 4) is 55.2 Å². The third kappa shape index (κ3) is 17.3. The molecule has 87 heavy (non-hydrogen) atoms. The molecule has 448 valence electrons. The molecule has 2 aliphatic rings. The predicted molar refractivity (Wildman–Crippen MR) is 347 cm³/mol. The zero-order valence-corrected chi connectivity index (χ0v) is 49.8. The average molecular weight is 1210 g/mol. The Morgan fingerprint density at radius 2 is 1.07 bits per heavy atom. The van der Waals surface area contributed by atoms with E-state index in [2.05, 4.69) is 35.1 Å². The van der Waals surface area contributed by atoms with Crippen LogP contribution in [-0.4, -0.2) is 139 Å². The smallest absolute Gasteiger partial charge is 0.410 e. The van der Waals surface area contributed by atoms with Crippen LogP contribution in [0.15, 0.2) is 170 Å². The molecule has 2 aliphatic heterocycles. The highest BCUT2D eigenvalue weighted by molar-refractivity contribution is 7.21. The van der Waals surface area contributed by atoms with Crippen LogP contribution in [0.3, 0.4) is 0 Å². The fourth-order valence-electron chi connectivity index (χ4n) is 9.59. The van der Waals surface area contributed by atoms with Crippen LogP contribution in [0.1, 0.15) is 68.4 Å². The Morgan fingerprint density at radius 3 is 1.61 bits per heavy atom. The number of nitrogens with one attached hydrogen (secondary N) is 1. The number of ether oxygens (including phenoxy) is 3. The van der Waals surface area contributed by atoms with E-state index in [9.17, 15) is 19.5 Å². The number of benzene rings is 4. The second-order valence-electron chi connectivity index (χ2n) is 21.4. The second kappa shape index (κ2) is 29.7. The summed E-state index contributed by atoms with van der Waals surface area (Å²) in [6.07, 6.45) is 7.04. The number of nitrogen functional groups attached to an aromatic ring is 1. The molecular formula is C67H71N11O7S2. The number of carboxylic acid groups (broad SMARTS) is 1. The average Bonchev–Trinajstić information content (AvgIpc) is 4.22. The minimum absolute atomic E-state index is 0. The van der Waals surface area contributed by atoms with Crippen molar-refractivity contribution in [3.05, 3.63) is 182 Å². The molecule has 0 unspecified atom stereocenters. The molecule has 2 fully saturated rings. The molecule has 10 aromatic rings. The first-order valence-electron chi connectivity index (χ1n) is 28.5. The van der Waals surface area contributed by atoms with Gasteiger partial charge < -0.3 is 35.3 Å². The number of hydrogen-bond donors (Lipinski definition) is 3. The third-order valence-corrected chi connectivity index (χ3v) is 16.0. The van der Waals surface area contributed by atoms with Crippen LogP contribution in [0, 0.1) is 0 Å². The highest BCUT2D eigenvalue weighted by Crippen LogP contribution is 2.35. The van der Waals surface area contributed by atoms with Crippen LogP contribution in [0.25, 0.3) is 64.4 Å². The molecule has 18 nitrogen and oxygen atoms in total. The maximum absolute atomic E-state index is 13.6. The number of carboxylic acids is 1. The highest BCUT2D eigenvalue weighted by Gasteiger charge is 2.26. The van der Waals surface area contributed by atoms with Gasteiger partial charge in [0.2, 0.25) is 0 Å². The van der Waals surface area contributed by atoms with Gasteiger partial charge in [-0.25, -0.2) is 39.5 Å². The van der Waals surface area contributed by atoms with Gasteiger partial charge in [0.05, 0.1) is 17.1 Å². The predicted octanol–water partition coefficient (Wildman–Crippen LogP) is 13.5. The van der Waals surface area contributed by atoms with Crippen molar-refractivity contribution in [2.45, 2.75) is 53.1 Å². The largest absolute Gasteiger partial charge is 0.492 e. The summed E-state index contributed by atoms with van der Waals surface area (Å²) < 4.78 is 17.4. The zero-order valence-electron chi connectivity index (χ0n) is 48.2. The lowest BCUT2D eigenvalue weighted by Crippen LogP contribution is -2.50. The number of likely N-dealkylation sites (tertiary alicyclic amines) is 1.